The van der Waals surface area contributed by atoms with Crippen molar-refractivity contribution in [3.05, 3.63) is 53.6 Å². The van der Waals surface area contributed by atoms with Gasteiger partial charge >= 0.3 is 0 Å². The normalized spacial score (nSPS) is 16.1. The number of anilines is 1. The number of aryl methyl sites for hydroxylation is 2. The molecule has 2 N–H and O–H groups in total. The smallest absolute Gasteiger partial charge is 0.265 e. The molecule has 162 valence electrons. The maximum atomic E-state index is 12.6. The summed E-state index contributed by atoms with van der Waals surface area (Å²) in [6.07, 6.45) is 4.35. The van der Waals surface area contributed by atoms with Gasteiger partial charge in [0.15, 0.2) is 6.10 Å². The zero-order chi connectivity index (χ0) is 21.7. The monoisotopic (exact) mass is 430 g/mol. The summed E-state index contributed by atoms with van der Waals surface area (Å²) in [5.41, 5.74) is 2.54. The van der Waals surface area contributed by atoms with Gasteiger partial charge in [-0.05, 0) is 75.1 Å². The topological polar surface area (TPSA) is 84.5 Å². The van der Waals surface area contributed by atoms with Crippen molar-refractivity contribution in [2.45, 2.75) is 69.9 Å². The van der Waals surface area contributed by atoms with Crippen molar-refractivity contribution in [2.75, 3.05) is 5.32 Å². The van der Waals surface area contributed by atoms with Gasteiger partial charge in [0.2, 0.25) is 10.0 Å². The number of nitrogens with one attached hydrogen (secondary N) is 2. The molecular weight excluding hydrogens is 400 g/mol. The van der Waals surface area contributed by atoms with Crippen LogP contribution in [0, 0.1) is 13.8 Å². The first-order valence-corrected chi connectivity index (χ1v) is 11.9. The van der Waals surface area contributed by atoms with Crippen LogP contribution in [0.5, 0.6) is 5.75 Å². The number of rotatable bonds is 7. The van der Waals surface area contributed by atoms with Crippen molar-refractivity contribution in [2.24, 2.45) is 0 Å². The lowest BCUT2D eigenvalue weighted by molar-refractivity contribution is -0.122. The molecule has 0 spiro atoms. The molecular formula is C23H30N2O4S. The van der Waals surface area contributed by atoms with Crippen LogP contribution in [0.25, 0.3) is 0 Å². The van der Waals surface area contributed by atoms with E-state index in [0.717, 1.165) is 43.2 Å². The first kappa shape index (κ1) is 22.3. The predicted molar refractivity (Wildman–Crippen MR) is 118 cm³/mol. The van der Waals surface area contributed by atoms with Crippen LogP contribution in [0.3, 0.4) is 0 Å². The van der Waals surface area contributed by atoms with E-state index in [4.69, 9.17) is 4.74 Å². The Labute approximate surface area is 179 Å². The first-order chi connectivity index (χ1) is 14.2. The Hall–Kier alpha value is -2.38. The third-order valence-corrected chi connectivity index (χ3v) is 6.91. The van der Waals surface area contributed by atoms with E-state index in [0.29, 0.717) is 11.4 Å². The summed E-state index contributed by atoms with van der Waals surface area (Å²) in [4.78, 5) is 12.7. The number of benzene rings is 2. The summed E-state index contributed by atoms with van der Waals surface area (Å²) >= 11 is 0. The number of ether oxygens (including phenoxy) is 1. The van der Waals surface area contributed by atoms with Gasteiger partial charge in [-0.3, -0.25) is 4.79 Å². The molecule has 0 heterocycles. The number of hydrogen-bond donors (Lipinski definition) is 2. The highest BCUT2D eigenvalue weighted by atomic mass is 32.2. The molecule has 0 aliphatic heterocycles. The van der Waals surface area contributed by atoms with Crippen LogP contribution in [0.15, 0.2) is 47.4 Å². The van der Waals surface area contributed by atoms with E-state index >= 15 is 0 Å². The average Bonchev–Trinajstić information content (AvgIpc) is 2.71. The van der Waals surface area contributed by atoms with Gasteiger partial charge in [-0.15, -0.1) is 0 Å². The summed E-state index contributed by atoms with van der Waals surface area (Å²) in [6.45, 7) is 5.58. The Morgan fingerprint density at radius 2 is 1.70 bits per heavy atom. The van der Waals surface area contributed by atoms with Gasteiger partial charge in [0, 0.05) is 11.7 Å². The standard InChI is InChI=1S/C23H30N2O4S/c1-16-9-10-17(2)22(15-16)29-18(3)23(26)24-19-11-13-21(14-12-19)30(27,28)25-20-7-5-4-6-8-20/h9-15,18,20,25H,4-8H2,1-3H3,(H,24,26). The van der Waals surface area contributed by atoms with E-state index in [2.05, 4.69) is 10.0 Å². The molecule has 0 bridgehead atoms. The van der Waals surface area contributed by atoms with Gasteiger partial charge in [0.05, 0.1) is 4.90 Å². The van der Waals surface area contributed by atoms with E-state index in [-0.39, 0.29) is 16.8 Å². The number of carbonyl (C=O) groups is 1. The van der Waals surface area contributed by atoms with Crippen molar-refractivity contribution in [3.8, 4) is 5.75 Å². The minimum absolute atomic E-state index is 0.00575. The fourth-order valence-corrected chi connectivity index (χ4v) is 4.85. The fraction of sp³-hybridized carbons (Fsp3) is 0.435. The molecule has 2 aromatic rings. The molecule has 1 unspecified atom stereocenters. The summed E-state index contributed by atoms with van der Waals surface area (Å²) in [5, 5.41) is 2.78. The zero-order valence-electron chi connectivity index (χ0n) is 17.8. The molecule has 1 amide bonds. The van der Waals surface area contributed by atoms with Crippen LogP contribution in [-0.2, 0) is 14.8 Å². The second kappa shape index (κ2) is 9.62. The van der Waals surface area contributed by atoms with Crippen molar-refractivity contribution in [1.29, 1.82) is 0 Å². The van der Waals surface area contributed by atoms with Crippen molar-refractivity contribution in [1.82, 2.24) is 4.72 Å². The fourth-order valence-electron chi connectivity index (χ4n) is 3.55. The lowest BCUT2D eigenvalue weighted by atomic mass is 9.96. The zero-order valence-corrected chi connectivity index (χ0v) is 18.6. The van der Waals surface area contributed by atoms with Gasteiger partial charge in [-0.25, -0.2) is 13.1 Å². The summed E-state index contributed by atoms with van der Waals surface area (Å²) in [7, 11) is -3.56. The number of carbonyl (C=O) groups excluding carboxylic acids is 1. The molecule has 7 heteroatoms. The largest absolute Gasteiger partial charge is 0.481 e. The van der Waals surface area contributed by atoms with E-state index < -0.39 is 16.1 Å². The van der Waals surface area contributed by atoms with Crippen LogP contribution in [-0.4, -0.2) is 26.5 Å². The number of hydrogen-bond acceptors (Lipinski definition) is 4. The Morgan fingerprint density at radius 1 is 1.03 bits per heavy atom. The lowest BCUT2D eigenvalue weighted by Crippen LogP contribution is -2.36. The second-order valence-corrected chi connectivity index (χ2v) is 9.71. The third kappa shape index (κ3) is 5.83. The minimum atomic E-state index is -3.56. The summed E-state index contributed by atoms with van der Waals surface area (Å²) in [5.74, 6) is 0.375. The SMILES string of the molecule is Cc1ccc(C)c(OC(C)C(=O)Nc2ccc(S(=O)(=O)NC3CCCCC3)cc2)c1. The van der Waals surface area contributed by atoms with Crippen LogP contribution in [0.1, 0.15) is 50.2 Å². The van der Waals surface area contributed by atoms with E-state index in [9.17, 15) is 13.2 Å². The van der Waals surface area contributed by atoms with Crippen molar-refractivity contribution >= 4 is 21.6 Å². The molecule has 0 saturated heterocycles. The maximum absolute atomic E-state index is 12.6. The summed E-state index contributed by atoms with van der Waals surface area (Å²) in [6, 6.07) is 12.1. The molecule has 0 radical (unpaired) electrons. The van der Waals surface area contributed by atoms with Crippen molar-refractivity contribution in [3.63, 3.8) is 0 Å². The van der Waals surface area contributed by atoms with Crippen LogP contribution >= 0.6 is 0 Å². The molecule has 1 aliphatic rings. The van der Waals surface area contributed by atoms with Gasteiger partial charge in [-0.2, -0.15) is 0 Å². The molecule has 1 fully saturated rings. The van der Waals surface area contributed by atoms with Gasteiger partial charge in [-0.1, -0.05) is 31.4 Å². The quantitative estimate of drug-likeness (QED) is 0.685. The Morgan fingerprint density at radius 3 is 2.37 bits per heavy atom. The third-order valence-electron chi connectivity index (χ3n) is 5.38. The second-order valence-electron chi connectivity index (χ2n) is 8.00. The predicted octanol–water partition coefficient (Wildman–Crippen LogP) is 4.32. The Bertz CT molecular complexity index is 981. The maximum Gasteiger partial charge on any atom is 0.265 e. The molecule has 1 saturated carbocycles. The lowest BCUT2D eigenvalue weighted by Gasteiger charge is -2.22. The highest BCUT2D eigenvalue weighted by molar-refractivity contribution is 7.89. The first-order valence-electron chi connectivity index (χ1n) is 10.4. The molecule has 0 aromatic heterocycles. The molecule has 1 atom stereocenters. The van der Waals surface area contributed by atoms with Crippen molar-refractivity contribution < 1.29 is 17.9 Å². The van der Waals surface area contributed by atoms with Gasteiger partial charge < -0.3 is 10.1 Å². The minimum Gasteiger partial charge on any atom is -0.481 e. The highest BCUT2D eigenvalue weighted by Gasteiger charge is 2.22. The number of sulfonamides is 1. The van der Waals surface area contributed by atoms with E-state index in [1.165, 1.54) is 12.1 Å². The van der Waals surface area contributed by atoms with E-state index in [1.807, 2.05) is 32.0 Å². The average molecular weight is 431 g/mol. The molecule has 2 aromatic carbocycles. The van der Waals surface area contributed by atoms with Crippen LogP contribution in [0.2, 0.25) is 0 Å². The van der Waals surface area contributed by atoms with Gasteiger partial charge in [0.25, 0.3) is 5.91 Å². The molecule has 3 rings (SSSR count). The number of amides is 1. The van der Waals surface area contributed by atoms with Gasteiger partial charge in [0.1, 0.15) is 5.75 Å². The summed E-state index contributed by atoms with van der Waals surface area (Å²) < 4.78 is 33.8. The Kier molecular flexibility index (Phi) is 7.15. The Balaban J connectivity index is 1.60. The van der Waals surface area contributed by atoms with Crippen LogP contribution < -0.4 is 14.8 Å². The highest BCUT2D eigenvalue weighted by Crippen LogP contribution is 2.22. The molecule has 6 nitrogen and oxygen atoms in total. The molecule has 1 aliphatic carbocycles. The van der Waals surface area contributed by atoms with E-state index in [1.54, 1.807) is 19.1 Å². The molecule has 30 heavy (non-hydrogen) atoms. The van der Waals surface area contributed by atoms with Crippen LogP contribution in [0.4, 0.5) is 5.69 Å².